The molecule has 1 atom stereocenters. The molecule has 1 aliphatic heterocycles. The number of non-ortho nitro benzene ring substituents is 1. The lowest BCUT2D eigenvalue weighted by Gasteiger charge is -2.12. The number of carbonyl (C=O) groups is 1. The molecule has 0 saturated heterocycles. The van der Waals surface area contributed by atoms with E-state index in [-0.39, 0.29) is 11.4 Å². The molecule has 8 nitrogen and oxygen atoms in total. The lowest BCUT2D eigenvalue weighted by molar-refractivity contribution is -0.384. The summed E-state index contributed by atoms with van der Waals surface area (Å²) in [5.41, 5.74) is 1.29. The predicted octanol–water partition coefficient (Wildman–Crippen LogP) is 2.99. The van der Waals surface area contributed by atoms with Crippen LogP contribution in [0.15, 0.2) is 36.4 Å². The van der Waals surface area contributed by atoms with Crippen molar-refractivity contribution in [3.63, 3.8) is 0 Å². The standard InChI is InChI=1S/C16H14N2O6/c1-23-15-6-9(18(21)22)2-5-14(15)24-10-3-4-13-11(7-10)12(8-17-13)16(19)20/h2-7,12,17H,8H2,1H3,(H,19,20). The second-order valence-electron chi connectivity index (χ2n) is 5.22. The third-order valence-corrected chi connectivity index (χ3v) is 3.78. The van der Waals surface area contributed by atoms with E-state index in [0.29, 0.717) is 23.6 Å². The molecular formula is C16H14N2O6. The number of aliphatic carboxylic acids is 1. The number of nitro benzene ring substituents is 1. The Kier molecular flexibility index (Phi) is 3.95. The van der Waals surface area contributed by atoms with Crippen molar-refractivity contribution < 1.29 is 24.3 Å². The van der Waals surface area contributed by atoms with Gasteiger partial charge in [0.1, 0.15) is 11.7 Å². The van der Waals surface area contributed by atoms with Crippen molar-refractivity contribution >= 4 is 17.3 Å². The number of methoxy groups -OCH3 is 1. The van der Waals surface area contributed by atoms with E-state index < -0.39 is 16.8 Å². The van der Waals surface area contributed by atoms with E-state index in [1.54, 1.807) is 18.2 Å². The number of carboxylic acids is 1. The van der Waals surface area contributed by atoms with E-state index in [9.17, 15) is 20.0 Å². The molecule has 1 unspecified atom stereocenters. The average Bonchev–Trinajstić information content (AvgIpc) is 2.98. The molecule has 0 saturated carbocycles. The van der Waals surface area contributed by atoms with Gasteiger partial charge in [0, 0.05) is 18.3 Å². The van der Waals surface area contributed by atoms with E-state index >= 15 is 0 Å². The molecule has 124 valence electrons. The van der Waals surface area contributed by atoms with E-state index in [0.717, 1.165) is 5.69 Å². The van der Waals surface area contributed by atoms with Gasteiger partial charge in [-0.2, -0.15) is 0 Å². The zero-order chi connectivity index (χ0) is 17.3. The normalized spacial score (nSPS) is 15.3. The molecule has 0 aromatic heterocycles. The number of nitrogens with one attached hydrogen (secondary N) is 1. The van der Waals surface area contributed by atoms with E-state index in [1.807, 2.05) is 0 Å². The highest BCUT2D eigenvalue weighted by molar-refractivity contribution is 5.82. The molecule has 1 aliphatic rings. The first-order valence-corrected chi connectivity index (χ1v) is 7.10. The molecular weight excluding hydrogens is 316 g/mol. The number of benzene rings is 2. The van der Waals surface area contributed by atoms with Crippen LogP contribution in [0, 0.1) is 10.1 Å². The number of nitrogens with zero attached hydrogens (tertiary/aromatic N) is 1. The fourth-order valence-electron chi connectivity index (χ4n) is 2.58. The van der Waals surface area contributed by atoms with Gasteiger partial charge < -0.3 is 19.9 Å². The van der Waals surface area contributed by atoms with Crippen molar-refractivity contribution in [3.05, 3.63) is 52.1 Å². The first kappa shape index (κ1) is 15.6. The quantitative estimate of drug-likeness (QED) is 0.640. The van der Waals surface area contributed by atoms with Gasteiger partial charge in [-0.3, -0.25) is 14.9 Å². The molecule has 0 spiro atoms. The van der Waals surface area contributed by atoms with Gasteiger partial charge in [0.2, 0.25) is 0 Å². The third-order valence-electron chi connectivity index (χ3n) is 3.78. The molecule has 0 fully saturated rings. The van der Waals surface area contributed by atoms with Crippen LogP contribution in [0.2, 0.25) is 0 Å². The van der Waals surface area contributed by atoms with Gasteiger partial charge in [-0.1, -0.05) is 0 Å². The Morgan fingerprint density at radius 3 is 2.75 bits per heavy atom. The maximum Gasteiger partial charge on any atom is 0.312 e. The second kappa shape index (κ2) is 6.07. The zero-order valence-corrected chi connectivity index (χ0v) is 12.7. The van der Waals surface area contributed by atoms with Gasteiger partial charge in [0.25, 0.3) is 5.69 Å². The minimum absolute atomic E-state index is 0.108. The van der Waals surface area contributed by atoms with Crippen LogP contribution in [-0.4, -0.2) is 29.7 Å². The Bertz CT molecular complexity index is 820. The topological polar surface area (TPSA) is 111 Å². The maximum absolute atomic E-state index is 11.3. The first-order valence-electron chi connectivity index (χ1n) is 7.10. The summed E-state index contributed by atoms with van der Waals surface area (Å²) in [5.74, 6) is -0.594. The van der Waals surface area contributed by atoms with Crippen molar-refractivity contribution in [2.45, 2.75) is 5.92 Å². The molecule has 3 rings (SSSR count). The minimum Gasteiger partial charge on any atom is -0.493 e. The molecule has 1 heterocycles. The highest BCUT2D eigenvalue weighted by atomic mass is 16.6. The molecule has 2 N–H and O–H groups in total. The van der Waals surface area contributed by atoms with Gasteiger partial charge in [-0.25, -0.2) is 0 Å². The number of fused-ring (bicyclic) bond motifs is 1. The number of carboxylic acid groups (broad SMARTS) is 1. The summed E-state index contributed by atoms with van der Waals surface area (Å²) in [5, 5.41) is 23.1. The largest absolute Gasteiger partial charge is 0.493 e. The third kappa shape index (κ3) is 2.81. The van der Waals surface area contributed by atoms with Crippen LogP contribution in [0.25, 0.3) is 0 Å². The summed E-state index contributed by atoms with van der Waals surface area (Å²) in [4.78, 5) is 21.6. The fourth-order valence-corrected chi connectivity index (χ4v) is 2.58. The number of nitro groups is 1. The smallest absolute Gasteiger partial charge is 0.312 e. The van der Waals surface area contributed by atoms with E-state index in [2.05, 4.69) is 5.32 Å². The van der Waals surface area contributed by atoms with Gasteiger partial charge in [-0.15, -0.1) is 0 Å². The summed E-state index contributed by atoms with van der Waals surface area (Å²) >= 11 is 0. The molecule has 0 bridgehead atoms. The van der Waals surface area contributed by atoms with Crippen molar-refractivity contribution in [1.82, 2.24) is 0 Å². The fraction of sp³-hybridized carbons (Fsp3) is 0.188. The predicted molar refractivity (Wildman–Crippen MR) is 85.0 cm³/mol. The Morgan fingerprint density at radius 2 is 2.08 bits per heavy atom. The van der Waals surface area contributed by atoms with Crippen LogP contribution in [-0.2, 0) is 4.79 Å². The van der Waals surface area contributed by atoms with Crippen molar-refractivity contribution in [2.24, 2.45) is 0 Å². The number of rotatable bonds is 5. The summed E-state index contributed by atoms with van der Waals surface area (Å²) in [6.07, 6.45) is 0. The van der Waals surface area contributed by atoms with Crippen molar-refractivity contribution in [1.29, 1.82) is 0 Å². The molecule has 2 aromatic carbocycles. The Labute approximate surface area is 136 Å². The van der Waals surface area contributed by atoms with Crippen LogP contribution in [0.1, 0.15) is 11.5 Å². The molecule has 0 amide bonds. The van der Waals surface area contributed by atoms with Gasteiger partial charge in [0.05, 0.1) is 18.1 Å². The van der Waals surface area contributed by atoms with E-state index in [1.165, 1.54) is 25.3 Å². The van der Waals surface area contributed by atoms with Gasteiger partial charge >= 0.3 is 5.97 Å². The SMILES string of the molecule is COc1cc([N+](=O)[O-])ccc1Oc1ccc2c(c1)C(C(=O)O)CN2. The molecule has 2 aromatic rings. The zero-order valence-electron chi connectivity index (χ0n) is 12.7. The van der Waals surface area contributed by atoms with Crippen LogP contribution in [0.5, 0.6) is 17.2 Å². The Morgan fingerprint density at radius 1 is 1.29 bits per heavy atom. The Hall–Kier alpha value is -3.29. The summed E-state index contributed by atoms with van der Waals surface area (Å²) < 4.78 is 10.8. The van der Waals surface area contributed by atoms with Gasteiger partial charge in [0.15, 0.2) is 11.5 Å². The van der Waals surface area contributed by atoms with Crippen LogP contribution < -0.4 is 14.8 Å². The molecule has 8 heteroatoms. The second-order valence-corrected chi connectivity index (χ2v) is 5.22. The van der Waals surface area contributed by atoms with Crippen LogP contribution in [0.4, 0.5) is 11.4 Å². The summed E-state index contributed by atoms with van der Waals surface area (Å²) in [6, 6.07) is 9.10. The van der Waals surface area contributed by atoms with Gasteiger partial charge in [-0.05, 0) is 29.8 Å². The minimum atomic E-state index is -0.911. The van der Waals surface area contributed by atoms with E-state index in [4.69, 9.17) is 9.47 Å². The maximum atomic E-state index is 11.3. The Balaban J connectivity index is 1.91. The molecule has 0 radical (unpaired) electrons. The lowest BCUT2D eigenvalue weighted by Crippen LogP contribution is -2.13. The molecule has 24 heavy (non-hydrogen) atoms. The highest BCUT2D eigenvalue weighted by Crippen LogP contribution is 2.38. The van der Waals surface area contributed by atoms with Crippen molar-refractivity contribution in [2.75, 3.05) is 19.0 Å². The summed E-state index contributed by atoms with van der Waals surface area (Å²) in [7, 11) is 1.39. The number of hydrogen-bond donors (Lipinski definition) is 2. The van der Waals surface area contributed by atoms with Crippen molar-refractivity contribution in [3.8, 4) is 17.2 Å². The number of ether oxygens (including phenoxy) is 2. The van der Waals surface area contributed by atoms with Crippen LogP contribution in [0.3, 0.4) is 0 Å². The molecule has 0 aliphatic carbocycles. The van der Waals surface area contributed by atoms with Crippen LogP contribution >= 0.6 is 0 Å². The average molecular weight is 330 g/mol. The first-order chi connectivity index (χ1) is 11.5. The monoisotopic (exact) mass is 330 g/mol. The lowest BCUT2D eigenvalue weighted by atomic mass is 10.0. The summed E-state index contributed by atoms with van der Waals surface area (Å²) in [6.45, 7) is 0.328. The highest BCUT2D eigenvalue weighted by Gasteiger charge is 2.28. The number of hydrogen-bond acceptors (Lipinski definition) is 6. The number of anilines is 1.